The summed E-state index contributed by atoms with van der Waals surface area (Å²) in [5, 5.41) is 5.52. The van der Waals surface area contributed by atoms with Crippen LogP contribution in [-0.2, 0) is 0 Å². The standard InChI is InChI=1S/C18H18F2N4O/c1-13(2)24(15-9-7-14(19)8-10-15)18(25)22-11-21-23(12-22)17-6-4-3-5-16(17)20/h3-11,13H,12H2,1-2H3. The second-order valence-electron chi connectivity index (χ2n) is 5.92. The monoisotopic (exact) mass is 344 g/mol. The Kier molecular flexibility index (Phi) is 4.65. The summed E-state index contributed by atoms with van der Waals surface area (Å²) < 4.78 is 27.0. The molecule has 2 aromatic carbocycles. The van der Waals surface area contributed by atoms with Crippen LogP contribution in [0.1, 0.15) is 13.8 Å². The summed E-state index contributed by atoms with van der Waals surface area (Å²) >= 11 is 0. The number of hydrogen-bond acceptors (Lipinski definition) is 3. The molecule has 0 fully saturated rings. The number of carbonyl (C=O) groups excluding carboxylic acids is 1. The molecular weight excluding hydrogens is 326 g/mol. The summed E-state index contributed by atoms with van der Waals surface area (Å²) in [6.45, 7) is 3.83. The van der Waals surface area contributed by atoms with Crippen LogP contribution in [0.25, 0.3) is 0 Å². The predicted molar refractivity (Wildman–Crippen MR) is 93.5 cm³/mol. The molecule has 130 valence electrons. The average molecular weight is 344 g/mol. The van der Waals surface area contributed by atoms with Crippen LogP contribution in [-0.4, -0.2) is 30.0 Å². The van der Waals surface area contributed by atoms with Crippen molar-refractivity contribution in [1.82, 2.24) is 4.90 Å². The van der Waals surface area contributed by atoms with Crippen molar-refractivity contribution in [3.63, 3.8) is 0 Å². The molecule has 0 unspecified atom stereocenters. The van der Waals surface area contributed by atoms with Gasteiger partial charge >= 0.3 is 6.03 Å². The second kappa shape index (κ2) is 6.88. The van der Waals surface area contributed by atoms with E-state index in [2.05, 4.69) is 5.10 Å². The Morgan fingerprint density at radius 1 is 1.12 bits per heavy atom. The molecule has 25 heavy (non-hydrogen) atoms. The number of nitrogens with zero attached hydrogens (tertiary/aromatic N) is 4. The second-order valence-corrected chi connectivity index (χ2v) is 5.92. The lowest BCUT2D eigenvalue weighted by Crippen LogP contribution is -2.46. The first-order valence-electron chi connectivity index (χ1n) is 7.89. The summed E-state index contributed by atoms with van der Waals surface area (Å²) in [5.74, 6) is -0.776. The van der Waals surface area contributed by atoms with Crippen LogP contribution >= 0.6 is 0 Å². The molecular formula is C18H18F2N4O. The largest absolute Gasteiger partial charge is 0.331 e. The van der Waals surface area contributed by atoms with Crippen LogP contribution in [0, 0.1) is 11.6 Å². The molecule has 0 aromatic heterocycles. The quantitative estimate of drug-likeness (QED) is 0.843. The fourth-order valence-corrected chi connectivity index (χ4v) is 2.62. The highest BCUT2D eigenvalue weighted by Crippen LogP contribution is 2.24. The molecule has 0 saturated carbocycles. The van der Waals surface area contributed by atoms with Crippen molar-refractivity contribution in [3.05, 3.63) is 60.2 Å². The van der Waals surface area contributed by atoms with Crippen molar-refractivity contribution < 1.29 is 13.6 Å². The van der Waals surface area contributed by atoms with Crippen LogP contribution < -0.4 is 9.91 Å². The summed E-state index contributed by atoms with van der Waals surface area (Å²) in [7, 11) is 0. The minimum Gasteiger partial charge on any atom is -0.291 e. The zero-order valence-electron chi connectivity index (χ0n) is 13.9. The van der Waals surface area contributed by atoms with Crippen molar-refractivity contribution in [2.24, 2.45) is 5.10 Å². The Hall–Kier alpha value is -2.96. The zero-order valence-corrected chi connectivity index (χ0v) is 13.9. The number of para-hydroxylation sites is 1. The maximum absolute atomic E-state index is 13.9. The lowest BCUT2D eigenvalue weighted by atomic mass is 10.2. The van der Waals surface area contributed by atoms with Crippen LogP contribution in [0.5, 0.6) is 0 Å². The Bertz CT molecular complexity index is 792. The third kappa shape index (κ3) is 3.45. The van der Waals surface area contributed by atoms with E-state index < -0.39 is 5.82 Å². The number of halogens is 2. The highest BCUT2D eigenvalue weighted by Gasteiger charge is 2.29. The van der Waals surface area contributed by atoms with Gasteiger partial charge in [-0.05, 0) is 50.2 Å². The van der Waals surface area contributed by atoms with Crippen molar-refractivity contribution in [3.8, 4) is 0 Å². The number of anilines is 2. The predicted octanol–water partition coefficient (Wildman–Crippen LogP) is 4.02. The summed E-state index contributed by atoms with van der Waals surface area (Å²) in [6.07, 6.45) is 1.37. The van der Waals surface area contributed by atoms with E-state index >= 15 is 0 Å². The molecule has 0 bridgehead atoms. The molecule has 2 aromatic rings. The van der Waals surface area contributed by atoms with E-state index in [1.807, 2.05) is 13.8 Å². The van der Waals surface area contributed by atoms with Crippen molar-refractivity contribution in [2.45, 2.75) is 19.9 Å². The van der Waals surface area contributed by atoms with Crippen LogP contribution in [0.3, 0.4) is 0 Å². The SMILES string of the molecule is CC(C)N(C(=O)N1C=NN(c2ccccc2F)C1)c1ccc(F)cc1. The van der Waals surface area contributed by atoms with E-state index in [1.54, 1.807) is 30.3 Å². The van der Waals surface area contributed by atoms with E-state index in [0.29, 0.717) is 11.4 Å². The Balaban J connectivity index is 1.79. The third-order valence-corrected chi connectivity index (χ3v) is 3.82. The van der Waals surface area contributed by atoms with Crippen LogP contribution in [0.4, 0.5) is 25.0 Å². The van der Waals surface area contributed by atoms with Crippen LogP contribution in [0.2, 0.25) is 0 Å². The number of benzene rings is 2. The van der Waals surface area contributed by atoms with Gasteiger partial charge in [-0.1, -0.05) is 12.1 Å². The molecule has 0 saturated heterocycles. The lowest BCUT2D eigenvalue weighted by molar-refractivity contribution is 0.228. The Morgan fingerprint density at radius 3 is 2.44 bits per heavy atom. The highest BCUT2D eigenvalue weighted by atomic mass is 19.1. The number of urea groups is 1. The van der Waals surface area contributed by atoms with E-state index in [9.17, 15) is 13.6 Å². The Morgan fingerprint density at radius 2 is 1.80 bits per heavy atom. The number of amides is 2. The van der Waals surface area contributed by atoms with Gasteiger partial charge in [-0.15, -0.1) is 0 Å². The number of hydrogen-bond donors (Lipinski definition) is 0. The minimum atomic E-state index is -0.409. The summed E-state index contributed by atoms with van der Waals surface area (Å²) in [4.78, 5) is 15.8. The number of hydrazone groups is 1. The van der Waals surface area contributed by atoms with Crippen molar-refractivity contribution in [2.75, 3.05) is 16.6 Å². The van der Waals surface area contributed by atoms with E-state index in [-0.39, 0.29) is 24.6 Å². The third-order valence-electron chi connectivity index (χ3n) is 3.82. The van der Waals surface area contributed by atoms with Gasteiger partial charge in [0.05, 0.1) is 5.69 Å². The van der Waals surface area contributed by atoms with Gasteiger partial charge in [0.2, 0.25) is 0 Å². The molecule has 3 rings (SSSR count). The number of carbonyl (C=O) groups is 1. The van der Waals surface area contributed by atoms with Gasteiger partial charge in [0.15, 0.2) is 0 Å². The molecule has 2 amide bonds. The number of rotatable bonds is 3. The van der Waals surface area contributed by atoms with Gasteiger partial charge in [0.1, 0.15) is 24.6 Å². The first-order valence-corrected chi connectivity index (χ1v) is 7.89. The minimum absolute atomic E-state index is 0.101. The zero-order chi connectivity index (χ0) is 18.0. The summed E-state index contributed by atoms with van der Waals surface area (Å²) in [6, 6.07) is 11.5. The van der Waals surface area contributed by atoms with E-state index in [1.165, 1.54) is 39.3 Å². The first kappa shape index (κ1) is 16.9. The molecule has 0 spiro atoms. The van der Waals surface area contributed by atoms with Gasteiger partial charge < -0.3 is 0 Å². The van der Waals surface area contributed by atoms with Gasteiger partial charge in [-0.3, -0.25) is 9.80 Å². The highest BCUT2D eigenvalue weighted by molar-refractivity contribution is 5.99. The lowest BCUT2D eigenvalue weighted by Gasteiger charge is -2.30. The first-order chi connectivity index (χ1) is 12.0. The molecule has 0 N–H and O–H groups in total. The van der Waals surface area contributed by atoms with Gasteiger partial charge in [0, 0.05) is 11.7 Å². The molecule has 5 nitrogen and oxygen atoms in total. The van der Waals surface area contributed by atoms with E-state index in [0.717, 1.165) is 0 Å². The molecule has 1 aliphatic rings. The molecule has 7 heteroatoms. The normalized spacial score (nSPS) is 13.6. The fourth-order valence-electron chi connectivity index (χ4n) is 2.62. The maximum atomic E-state index is 13.9. The fraction of sp³-hybridized carbons (Fsp3) is 0.222. The molecule has 0 atom stereocenters. The smallest absolute Gasteiger partial charge is 0.291 e. The molecule has 1 heterocycles. The van der Waals surface area contributed by atoms with Crippen molar-refractivity contribution in [1.29, 1.82) is 0 Å². The van der Waals surface area contributed by atoms with Gasteiger partial charge in [-0.25, -0.2) is 18.6 Å². The van der Waals surface area contributed by atoms with E-state index in [4.69, 9.17) is 0 Å². The van der Waals surface area contributed by atoms with Gasteiger partial charge in [0.25, 0.3) is 0 Å². The Labute approximate surface area is 144 Å². The summed E-state index contributed by atoms with van der Waals surface area (Å²) in [5.41, 5.74) is 0.881. The molecule has 1 aliphatic heterocycles. The average Bonchev–Trinajstić information content (AvgIpc) is 3.07. The molecule has 0 aliphatic carbocycles. The van der Waals surface area contributed by atoms with Crippen molar-refractivity contribution >= 4 is 23.7 Å². The maximum Gasteiger partial charge on any atom is 0.331 e. The molecule has 0 radical (unpaired) electrons. The van der Waals surface area contributed by atoms with Crippen LogP contribution in [0.15, 0.2) is 53.6 Å². The van der Waals surface area contributed by atoms with Gasteiger partial charge in [-0.2, -0.15) is 5.10 Å². The topological polar surface area (TPSA) is 39.2 Å².